The molecule has 0 unspecified atom stereocenters. The zero-order valence-corrected chi connectivity index (χ0v) is 20.1. The first-order valence-electron chi connectivity index (χ1n) is 12.2. The van der Waals surface area contributed by atoms with Crippen LogP contribution in [0.4, 0.5) is 4.39 Å². The number of allylic oxidation sites excluding steroid dienone is 2. The maximum Gasteiger partial charge on any atom is 0.236 e. The average Bonchev–Trinajstić information content (AvgIpc) is 3.15. The molecule has 35 heavy (non-hydrogen) atoms. The van der Waals surface area contributed by atoms with Gasteiger partial charge in [-0.05, 0) is 54.2 Å². The third kappa shape index (κ3) is 3.90. The summed E-state index contributed by atoms with van der Waals surface area (Å²) in [5, 5.41) is 14.2. The highest BCUT2D eigenvalue weighted by Gasteiger charge is 2.34. The number of carbonyl (C=O) groups excluding carboxylic acids is 1. The van der Waals surface area contributed by atoms with Crippen LogP contribution in [0.15, 0.2) is 52.4 Å². The van der Waals surface area contributed by atoms with E-state index in [1.165, 1.54) is 11.1 Å². The van der Waals surface area contributed by atoms with Gasteiger partial charge in [-0.25, -0.2) is 4.39 Å². The van der Waals surface area contributed by atoms with Crippen LogP contribution in [0, 0.1) is 5.82 Å². The van der Waals surface area contributed by atoms with Crippen molar-refractivity contribution in [1.29, 1.82) is 0 Å². The number of likely N-dealkylation sites (N-methyl/N-ethyl adjacent to an activating group) is 2. The van der Waals surface area contributed by atoms with E-state index in [1.54, 1.807) is 17.0 Å². The van der Waals surface area contributed by atoms with Gasteiger partial charge >= 0.3 is 0 Å². The fourth-order valence-electron chi connectivity index (χ4n) is 5.65. The van der Waals surface area contributed by atoms with Crippen LogP contribution < -0.4 is 5.43 Å². The van der Waals surface area contributed by atoms with Crippen molar-refractivity contribution >= 4 is 23.3 Å². The number of hydrogen-bond donors (Lipinski definition) is 2. The molecule has 1 amide bonds. The quantitative estimate of drug-likeness (QED) is 0.700. The van der Waals surface area contributed by atoms with E-state index in [-0.39, 0.29) is 23.9 Å². The number of aliphatic hydroxyl groups excluding tert-OH is 1. The molecule has 0 spiro atoms. The standard InChI is InChI=1S/C27H30FN5O2/c1-31-13-22(16-5-7-33(8-6-16)15-25(35)32(2)19-11-20(34)12-19)27-23(14-31)21-10-18(28)9-17-3-4-24(26(17)21)29-30-27/h3-5,9-10,14,19-20,30,34H,6-8,11-13,15H2,1-2H3. The molecule has 2 N–H and O–H groups in total. The number of nitrogens with zero attached hydrogens (tertiary/aromatic N) is 4. The number of benzene rings is 1. The molecule has 1 aromatic carbocycles. The van der Waals surface area contributed by atoms with E-state index in [1.807, 2.05) is 26.2 Å². The zero-order valence-electron chi connectivity index (χ0n) is 20.1. The molecule has 1 saturated carbocycles. The summed E-state index contributed by atoms with van der Waals surface area (Å²) >= 11 is 0. The number of hydrazone groups is 1. The van der Waals surface area contributed by atoms with Gasteiger partial charge in [0.1, 0.15) is 5.82 Å². The molecule has 0 aromatic heterocycles. The Bertz CT molecular complexity index is 1250. The van der Waals surface area contributed by atoms with Crippen LogP contribution in [-0.2, 0) is 4.79 Å². The van der Waals surface area contributed by atoms with Crippen molar-refractivity contribution in [2.75, 3.05) is 40.3 Å². The lowest BCUT2D eigenvalue weighted by molar-refractivity contribution is -0.137. The van der Waals surface area contributed by atoms with Crippen LogP contribution in [0.5, 0.6) is 0 Å². The fraction of sp³-hybridized carbons (Fsp3) is 0.407. The molecule has 8 heteroatoms. The van der Waals surface area contributed by atoms with E-state index in [2.05, 4.69) is 32.6 Å². The van der Waals surface area contributed by atoms with Gasteiger partial charge in [0.25, 0.3) is 0 Å². The smallest absolute Gasteiger partial charge is 0.236 e. The second-order valence-electron chi connectivity index (χ2n) is 10.2. The Kier molecular flexibility index (Phi) is 5.38. The molecule has 1 aromatic rings. The highest BCUT2D eigenvalue weighted by Crippen LogP contribution is 2.39. The van der Waals surface area contributed by atoms with Crippen LogP contribution in [0.25, 0.3) is 11.6 Å². The van der Waals surface area contributed by atoms with Crippen molar-refractivity contribution in [2.45, 2.75) is 31.4 Å². The number of halogens is 1. The van der Waals surface area contributed by atoms with Crippen LogP contribution in [0.3, 0.4) is 0 Å². The first kappa shape index (κ1) is 22.2. The number of carbonyl (C=O) groups is 1. The lowest BCUT2D eigenvalue weighted by atomic mass is 9.87. The minimum absolute atomic E-state index is 0.104. The largest absolute Gasteiger partial charge is 0.393 e. The monoisotopic (exact) mass is 475 g/mol. The third-order valence-electron chi connectivity index (χ3n) is 7.79. The molecule has 0 bridgehead atoms. The summed E-state index contributed by atoms with van der Waals surface area (Å²) in [4.78, 5) is 18.8. The second kappa shape index (κ2) is 8.46. The van der Waals surface area contributed by atoms with E-state index in [0.717, 1.165) is 53.2 Å². The summed E-state index contributed by atoms with van der Waals surface area (Å²) < 4.78 is 14.5. The molecule has 0 saturated heterocycles. The number of rotatable bonds is 4. The number of hydrogen-bond acceptors (Lipinski definition) is 6. The van der Waals surface area contributed by atoms with Gasteiger partial charge in [0.2, 0.25) is 5.91 Å². The lowest BCUT2D eigenvalue weighted by Crippen LogP contribution is -2.50. The minimum atomic E-state index is -0.268. The number of nitrogens with one attached hydrogen (secondary N) is 1. The van der Waals surface area contributed by atoms with Crippen molar-refractivity contribution < 1.29 is 14.3 Å². The molecular weight excluding hydrogens is 445 g/mol. The van der Waals surface area contributed by atoms with E-state index in [0.29, 0.717) is 25.9 Å². The van der Waals surface area contributed by atoms with E-state index in [9.17, 15) is 14.3 Å². The molecule has 5 aliphatic rings. The van der Waals surface area contributed by atoms with Gasteiger partial charge in [-0.3, -0.25) is 15.1 Å². The topological polar surface area (TPSA) is 71.4 Å². The maximum absolute atomic E-state index is 14.5. The van der Waals surface area contributed by atoms with Gasteiger partial charge < -0.3 is 14.9 Å². The Labute approximate surface area is 204 Å². The van der Waals surface area contributed by atoms with Crippen molar-refractivity contribution in [3.63, 3.8) is 0 Å². The summed E-state index contributed by atoms with van der Waals surface area (Å²) in [6.45, 7) is 2.62. The Balaban J connectivity index is 1.25. The molecule has 2 aliphatic carbocycles. The molecular formula is C27H30FN5O2. The number of fused-ring (bicyclic) bond motifs is 2. The summed E-state index contributed by atoms with van der Waals surface area (Å²) in [5.74, 6) is -0.146. The maximum atomic E-state index is 14.5. The molecule has 0 radical (unpaired) electrons. The number of amides is 1. The first-order chi connectivity index (χ1) is 16.9. The van der Waals surface area contributed by atoms with Gasteiger partial charge in [0.05, 0.1) is 24.1 Å². The van der Waals surface area contributed by atoms with Crippen molar-refractivity contribution in [1.82, 2.24) is 20.1 Å². The molecule has 7 nitrogen and oxygen atoms in total. The molecule has 3 heterocycles. The lowest BCUT2D eigenvalue weighted by Gasteiger charge is -2.39. The van der Waals surface area contributed by atoms with Crippen LogP contribution in [0.2, 0.25) is 0 Å². The summed E-state index contributed by atoms with van der Waals surface area (Å²) in [5.41, 5.74) is 11.1. The Hall–Kier alpha value is -3.23. The van der Waals surface area contributed by atoms with Gasteiger partial charge in [0, 0.05) is 62.7 Å². The third-order valence-corrected chi connectivity index (χ3v) is 7.79. The summed E-state index contributed by atoms with van der Waals surface area (Å²) in [6.07, 6.45) is 10.0. The van der Waals surface area contributed by atoms with Gasteiger partial charge in [-0.2, -0.15) is 5.10 Å². The van der Waals surface area contributed by atoms with E-state index >= 15 is 0 Å². The molecule has 0 atom stereocenters. The average molecular weight is 476 g/mol. The molecule has 6 rings (SSSR count). The van der Waals surface area contributed by atoms with E-state index in [4.69, 9.17) is 0 Å². The normalized spacial score (nSPS) is 25.0. The minimum Gasteiger partial charge on any atom is -0.393 e. The fourth-order valence-corrected chi connectivity index (χ4v) is 5.65. The van der Waals surface area contributed by atoms with E-state index < -0.39 is 0 Å². The Morgan fingerprint density at radius 2 is 2.14 bits per heavy atom. The molecule has 182 valence electrons. The number of aliphatic hydroxyl groups is 1. The molecule has 1 fully saturated rings. The SMILES string of the molecule is CN1C=C2C(=C(C3=CCN(CC(=O)N(C)C4CC(O)C4)CC3)C1)NN=C1C=Cc3cc(F)cc2c31. The van der Waals surface area contributed by atoms with Crippen molar-refractivity contribution in [3.8, 4) is 0 Å². The summed E-state index contributed by atoms with van der Waals surface area (Å²) in [7, 11) is 3.88. The van der Waals surface area contributed by atoms with Crippen molar-refractivity contribution in [3.05, 3.63) is 69.8 Å². The van der Waals surface area contributed by atoms with Crippen LogP contribution >= 0.6 is 0 Å². The Morgan fingerprint density at radius 3 is 2.89 bits per heavy atom. The van der Waals surface area contributed by atoms with Gasteiger partial charge in [-0.15, -0.1) is 0 Å². The van der Waals surface area contributed by atoms with Crippen molar-refractivity contribution in [2.24, 2.45) is 5.10 Å². The van der Waals surface area contributed by atoms with Gasteiger partial charge in [0.15, 0.2) is 0 Å². The second-order valence-corrected chi connectivity index (χ2v) is 10.2. The summed E-state index contributed by atoms with van der Waals surface area (Å²) in [6, 6.07) is 3.33. The predicted octanol–water partition coefficient (Wildman–Crippen LogP) is 2.31. The van der Waals surface area contributed by atoms with Gasteiger partial charge in [-0.1, -0.05) is 12.2 Å². The highest BCUT2D eigenvalue weighted by atomic mass is 19.1. The zero-order chi connectivity index (χ0) is 24.3. The molecule has 3 aliphatic heterocycles. The first-order valence-corrected chi connectivity index (χ1v) is 12.2. The van der Waals surface area contributed by atoms with Crippen LogP contribution in [-0.4, -0.2) is 83.8 Å². The predicted molar refractivity (Wildman–Crippen MR) is 134 cm³/mol. The van der Waals surface area contributed by atoms with Crippen LogP contribution in [0.1, 0.15) is 36.0 Å². The highest BCUT2D eigenvalue weighted by molar-refractivity contribution is 6.20. The Morgan fingerprint density at radius 1 is 1.31 bits per heavy atom.